The molecule has 2 N–H and O–H groups in total. The van der Waals surface area contributed by atoms with Crippen LogP contribution in [0.4, 0.5) is 5.13 Å². The summed E-state index contributed by atoms with van der Waals surface area (Å²) < 4.78 is 4.20. The molecule has 0 atom stereocenters. The summed E-state index contributed by atoms with van der Waals surface area (Å²) in [7, 11) is 0. The van der Waals surface area contributed by atoms with Crippen molar-refractivity contribution in [3.05, 3.63) is 5.82 Å². The zero-order valence-electron chi connectivity index (χ0n) is 10.8. The molecule has 0 unspecified atom stereocenters. The van der Waals surface area contributed by atoms with Crippen molar-refractivity contribution in [3.8, 4) is 0 Å². The molecule has 0 fully saturated rings. The predicted octanol–water partition coefficient (Wildman–Crippen LogP) is 1.85. The number of rotatable bonds is 6. The fourth-order valence-electron chi connectivity index (χ4n) is 1.08. The second kappa shape index (κ2) is 6.54. The van der Waals surface area contributed by atoms with E-state index in [0.717, 1.165) is 5.82 Å². The lowest BCUT2D eigenvalue weighted by Gasteiger charge is -2.07. The van der Waals surface area contributed by atoms with Crippen LogP contribution >= 0.6 is 11.5 Å². The van der Waals surface area contributed by atoms with Gasteiger partial charge in [-0.1, -0.05) is 27.7 Å². The Morgan fingerprint density at radius 3 is 2.59 bits per heavy atom. The van der Waals surface area contributed by atoms with Crippen LogP contribution in [-0.4, -0.2) is 28.4 Å². The highest BCUT2D eigenvalue weighted by molar-refractivity contribution is 7.09. The first kappa shape index (κ1) is 13.9. The Morgan fingerprint density at radius 2 is 2.06 bits per heavy atom. The Hall–Kier alpha value is -1.17. The highest BCUT2D eigenvalue weighted by atomic mass is 32.1. The van der Waals surface area contributed by atoms with Crippen molar-refractivity contribution in [2.24, 2.45) is 5.92 Å². The van der Waals surface area contributed by atoms with Gasteiger partial charge in [-0.15, -0.1) is 0 Å². The highest BCUT2D eigenvalue weighted by Gasteiger charge is 2.08. The Bertz CT molecular complexity index is 362. The lowest BCUT2D eigenvalue weighted by atomic mass is 10.2. The minimum Gasteiger partial charge on any atom is -0.354 e. The molecule has 17 heavy (non-hydrogen) atoms. The number of nitrogens with zero attached hydrogens (tertiary/aromatic N) is 2. The molecule has 0 radical (unpaired) electrons. The molecule has 1 aromatic heterocycles. The van der Waals surface area contributed by atoms with E-state index < -0.39 is 0 Å². The summed E-state index contributed by atoms with van der Waals surface area (Å²) in [6, 6.07) is 0. The topological polar surface area (TPSA) is 66.9 Å². The summed E-state index contributed by atoms with van der Waals surface area (Å²) in [4.78, 5) is 15.7. The summed E-state index contributed by atoms with van der Waals surface area (Å²) >= 11 is 1.29. The van der Waals surface area contributed by atoms with Crippen LogP contribution in [0.15, 0.2) is 0 Å². The maximum Gasteiger partial charge on any atom is 0.239 e. The molecule has 0 aliphatic rings. The summed E-state index contributed by atoms with van der Waals surface area (Å²) in [5, 5.41) is 6.52. The molecule has 1 aromatic rings. The van der Waals surface area contributed by atoms with Crippen molar-refractivity contribution in [2.75, 3.05) is 18.4 Å². The number of carbonyl (C=O) groups is 1. The highest BCUT2D eigenvalue weighted by Crippen LogP contribution is 2.16. The molecule has 0 aromatic carbocycles. The quantitative estimate of drug-likeness (QED) is 0.815. The molecule has 0 bridgehead atoms. The fourth-order valence-corrected chi connectivity index (χ4v) is 1.78. The summed E-state index contributed by atoms with van der Waals surface area (Å²) in [6.07, 6.45) is 0. The summed E-state index contributed by atoms with van der Waals surface area (Å²) in [5.74, 6) is 1.59. The van der Waals surface area contributed by atoms with Gasteiger partial charge in [0.25, 0.3) is 0 Å². The minimum absolute atomic E-state index is 0.0139. The first-order valence-corrected chi connectivity index (χ1v) is 6.60. The number of amides is 1. The first-order valence-electron chi connectivity index (χ1n) is 5.83. The molecule has 0 saturated heterocycles. The molecule has 0 aliphatic heterocycles. The van der Waals surface area contributed by atoms with Crippen LogP contribution in [0.25, 0.3) is 0 Å². The molecule has 1 heterocycles. The van der Waals surface area contributed by atoms with Crippen molar-refractivity contribution < 1.29 is 4.79 Å². The molecule has 0 aliphatic carbocycles. The van der Waals surface area contributed by atoms with E-state index in [1.165, 1.54) is 11.5 Å². The van der Waals surface area contributed by atoms with Crippen LogP contribution in [0.2, 0.25) is 0 Å². The summed E-state index contributed by atoms with van der Waals surface area (Å²) in [5.41, 5.74) is 0. The van der Waals surface area contributed by atoms with E-state index in [-0.39, 0.29) is 12.5 Å². The first-order chi connectivity index (χ1) is 7.99. The molecular weight excluding hydrogens is 236 g/mol. The third-order valence-electron chi connectivity index (χ3n) is 2.07. The van der Waals surface area contributed by atoms with Crippen molar-refractivity contribution >= 4 is 22.6 Å². The molecular formula is C11H20N4OS. The molecule has 6 heteroatoms. The van der Waals surface area contributed by atoms with E-state index in [0.29, 0.717) is 23.5 Å². The number of hydrogen-bond donors (Lipinski definition) is 2. The molecule has 0 saturated carbocycles. The van der Waals surface area contributed by atoms with Crippen molar-refractivity contribution in [1.82, 2.24) is 14.7 Å². The third kappa shape index (κ3) is 5.12. The van der Waals surface area contributed by atoms with Gasteiger partial charge in [-0.2, -0.15) is 4.37 Å². The molecule has 0 spiro atoms. The van der Waals surface area contributed by atoms with Crippen LogP contribution in [0.3, 0.4) is 0 Å². The minimum atomic E-state index is -0.0139. The van der Waals surface area contributed by atoms with E-state index in [4.69, 9.17) is 0 Å². The predicted molar refractivity (Wildman–Crippen MR) is 70.3 cm³/mol. The SMILES string of the molecule is CC(C)CNC(=O)CNc1nc(C(C)C)ns1. The molecule has 1 rings (SSSR count). The number of aromatic nitrogens is 2. The van der Waals surface area contributed by atoms with Gasteiger partial charge in [0.05, 0.1) is 6.54 Å². The Kier molecular flexibility index (Phi) is 5.34. The standard InChI is InChI=1S/C11H20N4OS/c1-7(2)5-12-9(16)6-13-11-14-10(8(3)4)15-17-11/h7-8H,5-6H2,1-4H3,(H,12,16)(H,13,14,15). The van der Waals surface area contributed by atoms with Crippen molar-refractivity contribution in [1.29, 1.82) is 0 Å². The van der Waals surface area contributed by atoms with Crippen LogP contribution in [0.1, 0.15) is 39.4 Å². The van der Waals surface area contributed by atoms with Gasteiger partial charge in [-0.3, -0.25) is 4.79 Å². The second-order valence-corrected chi connectivity index (χ2v) is 5.42. The third-order valence-corrected chi connectivity index (χ3v) is 2.75. The van der Waals surface area contributed by atoms with E-state index in [1.54, 1.807) is 0 Å². The maximum absolute atomic E-state index is 11.4. The lowest BCUT2D eigenvalue weighted by molar-refractivity contribution is -0.119. The Labute approximate surface area is 106 Å². The Balaban J connectivity index is 2.32. The normalized spacial score (nSPS) is 10.9. The van der Waals surface area contributed by atoms with Gasteiger partial charge in [-0.05, 0) is 5.92 Å². The van der Waals surface area contributed by atoms with Crippen molar-refractivity contribution in [3.63, 3.8) is 0 Å². The van der Waals surface area contributed by atoms with Crippen LogP contribution in [0, 0.1) is 5.92 Å². The van der Waals surface area contributed by atoms with Crippen molar-refractivity contribution in [2.45, 2.75) is 33.6 Å². The molecule has 96 valence electrons. The van der Waals surface area contributed by atoms with Crippen LogP contribution < -0.4 is 10.6 Å². The van der Waals surface area contributed by atoms with E-state index in [2.05, 4.69) is 33.8 Å². The number of hydrogen-bond acceptors (Lipinski definition) is 5. The number of anilines is 1. The fraction of sp³-hybridized carbons (Fsp3) is 0.727. The number of nitrogens with one attached hydrogen (secondary N) is 2. The monoisotopic (exact) mass is 256 g/mol. The van der Waals surface area contributed by atoms with Gasteiger partial charge < -0.3 is 10.6 Å². The van der Waals surface area contributed by atoms with E-state index in [1.807, 2.05) is 13.8 Å². The van der Waals surface area contributed by atoms with Gasteiger partial charge in [-0.25, -0.2) is 4.98 Å². The van der Waals surface area contributed by atoms with Gasteiger partial charge in [0, 0.05) is 24.0 Å². The zero-order chi connectivity index (χ0) is 12.8. The van der Waals surface area contributed by atoms with Crippen LogP contribution in [-0.2, 0) is 4.79 Å². The van der Waals surface area contributed by atoms with E-state index in [9.17, 15) is 4.79 Å². The molecule has 5 nitrogen and oxygen atoms in total. The lowest BCUT2D eigenvalue weighted by Crippen LogP contribution is -2.32. The second-order valence-electron chi connectivity index (χ2n) is 4.66. The van der Waals surface area contributed by atoms with Crippen LogP contribution in [0.5, 0.6) is 0 Å². The number of carbonyl (C=O) groups excluding carboxylic acids is 1. The zero-order valence-corrected chi connectivity index (χ0v) is 11.6. The smallest absolute Gasteiger partial charge is 0.239 e. The van der Waals surface area contributed by atoms with E-state index >= 15 is 0 Å². The van der Waals surface area contributed by atoms with Gasteiger partial charge in [0.15, 0.2) is 0 Å². The average molecular weight is 256 g/mol. The molecule has 1 amide bonds. The summed E-state index contributed by atoms with van der Waals surface area (Å²) in [6.45, 7) is 9.16. The average Bonchev–Trinajstić information content (AvgIpc) is 2.72. The van der Waals surface area contributed by atoms with Gasteiger partial charge in [0.1, 0.15) is 5.82 Å². The van der Waals surface area contributed by atoms with Gasteiger partial charge >= 0.3 is 0 Å². The maximum atomic E-state index is 11.4. The Morgan fingerprint density at radius 1 is 1.35 bits per heavy atom. The largest absolute Gasteiger partial charge is 0.354 e. The van der Waals surface area contributed by atoms with Gasteiger partial charge in [0.2, 0.25) is 11.0 Å².